The van der Waals surface area contributed by atoms with Gasteiger partial charge in [0.2, 0.25) is 0 Å². The number of carbonyl (C=O) groups is 1. The van der Waals surface area contributed by atoms with Crippen LogP contribution in [0.1, 0.15) is 27.4 Å². The van der Waals surface area contributed by atoms with Gasteiger partial charge in [-0.3, -0.25) is 4.79 Å². The van der Waals surface area contributed by atoms with Crippen molar-refractivity contribution in [1.82, 2.24) is 0 Å². The number of Topliss-reactive ketones (excluding diaryl/α,β-unsaturated/α-hetero) is 1. The zero-order valence-electron chi connectivity index (χ0n) is 10.7. The third kappa shape index (κ3) is 2.92. The molecule has 0 heterocycles. The Balaban J connectivity index is 2.42. The number of hydrogen-bond donors (Lipinski definition) is 0. The standard InChI is InChI=1S/C16H11BrClNO/c1-10-8-11(6-7-15(10)18)16(20)13(9-19)12-4-2-3-5-14(12)17/h2-8,13H,1H3. The minimum absolute atomic E-state index is 0.223. The Kier molecular flexibility index (Phi) is 4.59. The van der Waals surface area contributed by atoms with Crippen LogP contribution in [0, 0.1) is 18.3 Å². The fourth-order valence-electron chi connectivity index (χ4n) is 1.94. The van der Waals surface area contributed by atoms with Gasteiger partial charge in [-0.25, -0.2) is 0 Å². The largest absolute Gasteiger partial charge is 0.292 e. The summed E-state index contributed by atoms with van der Waals surface area (Å²) in [7, 11) is 0. The van der Waals surface area contributed by atoms with Gasteiger partial charge in [-0.15, -0.1) is 0 Å². The molecule has 2 nitrogen and oxygen atoms in total. The van der Waals surface area contributed by atoms with Crippen LogP contribution in [0.4, 0.5) is 0 Å². The van der Waals surface area contributed by atoms with Crippen LogP contribution < -0.4 is 0 Å². The minimum atomic E-state index is -0.828. The number of aryl methyl sites for hydroxylation is 1. The van der Waals surface area contributed by atoms with E-state index >= 15 is 0 Å². The Morgan fingerprint density at radius 1 is 1.30 bits per heavy atom. The van der Waals surface area contributed by atoms with Crippen LogP contribution in [0.25, 0.3) is 0 Å². The van der Waals surface area contributed by atoms with Crippen molar-refractivity contribution in [3.63, 3.8) is 0 Å². The Morgan fingerprint density at radius 2 is 2.00 bits per heavy atom. The molecule has 2 aromatic rings. The van der Waals surface area contributed by atoms with Crippen molar-refractivity contribution < 1.29 is 4.79 Å². The van der Waals surface area contributed by atoms with Crippen LogP contribution in [0.15, 0.2) is 46.9 Å². The number of nitrogens with zero attached hydrogens (tertiary/aromatic N) is 1. The molecule has 1 unspecified atom stereocenters. The first kappa shape index (κ1) is 14.8. The molecule has 0 saturated carbocycles. The molecule has 0 bridgehead atoms. The van der Waals surface area contributed by atoms with Gasteiger partial charge in [0.1, 0.15) is 5.92 Å². The maximum atomic E-state index is 12.5. The lowest BCUT2D eigenvalue weighted by molar-refractivity contribution is 0.0978. The zero-order chi connectivity index (χ0) is 14.7. The highest BCUT2D eigenvalue weighted by Gasteiger charge is 2.23. The first-order valence-electron chi connectivity index (χ1n) is 5.99. The molecule has 100 valence electrons. The third-order valence-electron chi connectivity index (χ3n) is 3.05. The van der Waals surface area contributed by atoms with Crippen molar-refractivity contribution in [2.45, 2.75) is 12.8 Å². The zero-order valence-corrected chi connectivity index (χ0v) is 13.1. The Bertz CT molecular complexity index is 706. The average Bonchev–Trinajstić information content (AvgIpc) is 2.44. The number of nitriles is 1. The van der Waals surface area contributed by atoms with Gasteiger partial charge in [-0.05, 0) is 42.3 Å². The minimum Gasteiger partial charge on any atom is -0.292 e. The van der Waals surface area contributed by atoms with Crippen LogP contribution in [0.3, 0.4) is 0 Å². The maximum Gasteiger partial charge on any atom is 0.184 e. The fourth-order valence-corrected chi connectivity index (χ4v) is 2.57. The predicted molar refractivity (Wildman–Crippen MR) is 83.0 cm³/mol. The highest BCUT2D eigenvalue weighted by Crippen LogP contribution is 2.28. The van der Waals surface area contributed by atoms with Gasteiger partial charge in [0, 0.05) is 15.1 Å². The molecule has 0 fully saturated rings. The summed E-state index contributed by atoms with van der Waals surface area (Å²) < 4.78 is 0.755. The SMILES string of the molecule is Cc1cc(C(=O)C(C#N)c2ccccc2Br)ccc1Cl. The lowest BCUT2D eigenvalue weighted by Crippen LogP contribution is -2.12. The van der Waals surface area contributed by atoms with Crippen molar-refractivity contribution >= 4 is 33.3 Å². The van der Waals surface area contributed by atoms with Crippen molar-refractivity contribution in [3.05, 3.63) is 68.7 Å². The molecule has 2 aromatic carbocycles. The Labute approximate surface area is 131 Å². The van der Waals surface area contributed by atoms with E-state index in [1.807, 2.05) is 25.1 Å². The summed E-state index contributed by atoms with van der Waals surface area (Å²) in [6, 6.07) is 14.4. The van der Waals surface area contributed by atoms with E-state index in [0.717, 1.165) is 10.0 Å². The smallest absolute Gasteiger partial charge is 0.184 e. The van der Waals surface area contributed by atoms with Gasteiger partial charge >= 0.3 is 0 Å². The second kappa shape index (κ2) is 6.21. The number of carbonyl (C=O) groups excluding carboxylic acids is 1. The molecule has 0 radical (unpaired) electrons. The number of benzene rings is 2. The summed E-state index contributed by atoms with van der Waals surface area (Å²) in [4.78, 5) is 12.5. The second-order valence-corrected chi connectivity index (χ2v) is 5.67. The van der Waals surface area contributed by atoms with E-state index in [0.29, 0.717) is 16.1 Å². The van der Waals surface area contributed by atoms with Gasteiger partial charge in [0.15, 0.2) is 5.78 Å². The molecule has 0 N–H and O–H groups in total. The molecule has 4 heteroatoms. The Morgan fingerprint density at radius 3 is 2.60 bits per heavy atom. The van der Waals surface area contributed by atoms with E-state index in [1.165, 1.54) is 0 Å². The summed E-state index contributed by atoms with van der Waals surface area (Å²) in [5.74, 6) is -1.05. The molecule has 0 spiro atoms. The molecule has 0 aliphatic heterocycles. The predicted octanol–water partition coefficient (Wildman–Crippen LogP) is 4.90. The van der Waals surface area contributed by atoms with E-state index in [9.17, 15) is 10.1 Å². The molecular weight excluding hydrogens is 338 g/mol. The summed E-state index contributed by atoms with van der Waals surface area (Å²) in [5.41, 5.74) is 1.99. The number of ketones is 1. The third-order valence-corrected chi connectivity index (χ3v) is 4.20. The van der Waals surface area contributed by atoms with E-state index in [4.69, 9.17) is 11.6 Å². The molecule has 20 heavy (non-hydrogen) atoms. The van der Waals surface area contributed by atoms with E-state index in [2.05, 4.69) is 22.0 Å². The van der Waals surface area contributed by atoms with Gasteiger partial charge < -0.3 is 0 Å². The molecule has 2 rings (SSSR count). The second-order valence-electron chi connectivity index (χ2n) is 4.41. The summed E-state index contributed by atoms with van der Waals surface area (Å²) in [6.07, 6.45) is 0. The highest BCUT2D eigenvalue weighted by molar-refractivity contribution is 9.10. The van der Waals surface area contributed by atoms with E-state index < -0.39 is 5.92 Å². The number of halogens is 2. The molecule has 0 amide bonds. The molecular formula is C16H11BrClNO. The van der Waals surface area contributed by atoms with E-state index in [1.54, 1.807) is 24.3 Å². The van der Waals surface area contributed by atoms with Gasteiger partial charge in [0.25, 0.3) is 0 Å². The lowest BCUT2D eigenvalue weighted by atomic mass is 9.91. The molecule has 0 aliphatic rings. The molecule has 1 atom stereocenters. The highest BCUT2D eigenvalue weighted by atomic mass is 79.9. The van der Waals surface area contributed by atoms with Gasteiger partial charge in [-0.1, -0.05) is 45.7 Å². The Hall–Kier alpha value is -1.63. The van der Waals surface area contributed by atoms with E-state index in [-0.39, 0.29) is 5.78 Å². The molecule has 0 aromatic heterocycles. The summed E-state index contributed by atoms with van der Waals surface area (Å²) in [6.45, 7) is 1.83. The molecule has 0 aliphatic carbocycles. The topological polar surface area (TPSA) is 40.9 Å². The number of hydrogen-bond acceptors (Lipinski definition) is 2. The van der Waals surface area contributed by atoms with Crippen LogP contribution in [0.5, 0.6) is 0 Å². The van der Waals surface area contributed by atoms with Crippen molar-refractivity contribution in [2.24, 2.45) is 0 Å². The number of rotatable bonds is 3. The summed E-state index contributed by atoms with van der Waals surface area (Å²) in [5, 5.41) is 9.95. The fraction of sp³-hybridized carbons (Fsp3) is 0.125. The van der Waals surface area contributed by atoms with Gasteiger partial charge in [0.05, 0.1) is 6.07 Å². The van der Waals surface area contributed by atoms with Crippen LogP contribution in [0.2, 0.25) is 5.02 Å². The van der Waals surface area contributed by atoms with Crippen molar-refractivity contribution in [2.75, 3.05) is 0 Å². The summed E-state index contributed by atoms with van der Waals surface area (Å²) >= 11 is 9.34. The van der Waals surface area contributed by atoms with Crippen LogP contribution in [-0.2, 0) is 0 Å². The lowest BCUT2D eigenvalue weighted by Gasteiger charge is -2.11. The van der Waals surface area contributed by atoms with Gasteiger partial charge in [-0.2, -0.15) is 5.26 Å². The maximum absolute atomic E-state index is 12.5. The van der Waals surface area contributed by atoms with Crippen molar-refractivity contribution in [1.29, 1.82) is 5.26 Å². The van der Waals surface area contributed by atoms with Crippen LogP contribution >= 0.6 is 27.5 Å². The normalized spacial score (nSPS) is 11.7. The van der Waals surface area contributed by atoms with Crippen LogP contribution in [-0.4, -0.2) is 5.78 Å². The monoisotopic (exact) mass is 347 g/mol. The average molecular weight is 349 g/mol. The quantitative estimate of drug-likeness (QED) is 0.740. The van der Waals surface area contributed by atoms with Crippen molar-refractivity contribution in [3.8, 4) is 6.07 Å². The molecule has 0 saturated heterocycles. The first-order valence-corrected chi connectivity index (χ1v) is 7.16. The first-order chi connectivity index (χ1) is 9.54.